The fourth-order valence-electron chi connectivity index (χ4n) is 1.40. The fraction of sp³-hybridized carbons (Fsp3) is 0.700. The Morgan fingerprint density at radius 1 is 1.54 bits per heavy atom. The van der Waals surface area contributed by atoms with Gasteiger partial charge in [0.1, 0.15) is 5.67 Å². The maximum Gasteiger partial charge on any atom is 0.148 e. The van der Waals surface area contributed by atoms with Crippen LogP contribution in [0.3, 0.4) is 0 Å². The lowest BCUT2D eigenvalue weighted by molar-refractivity contribution is 0.214. The van der Waals surface area contributed by atoms with Gasteiger partial charge < -0.3 is 0 Å². The van der Waals surface area contributed by atoms with Crippen molar-refractivity contribution >= 4 is 11.3 Å². The second-order valence-corrected chi connectivity index (χ2v) is 5.06. The van der Waals surface area contributed by atoms with E-state index in [2.05, 4.69) is 4.98 Å². The van der Waals surface area contributed by atoms with Gasteiger partial charge in [-0.15, -0.1) is 11.3 Å². The van der Waals surface area contributed by atoms with Crippen LogP contribution in [0.25, 0.3) is 0 Å². The molecule has 3 heteroatoms. The van der Waals surface area contributed by atoms with Crippen molar-refractivity contribution in [3.05, 3.63) is 16.1 Å². The Morgan fingerprint density at radius 2 is 2.23 bits per heavy atom. The number of thiazole rings is 1. The molecule has 0 radical (unpaired) electrons. The van der Waals surface area contributed by atoms with Crippen LogP contribution in [-0.2, 0) is 5.67 Å². The molecule has 1 aromatic heterocycles. The molecule has 13 heavy (non-hydrogen) atoms. The van der Waals surface area contributed by atoms with Crippen LogP contribution < -0.4 is 0 Å². The maximum absolute atomic E-state index is 13.5. The van der Waals surface area contributed by atoms with Gasteiger partial charge in [0.15, 0.2) is 0 Å². The average molecular weight is 199 g/mol. The molecular weight excluding hydrogens is 185 g/mol. The Hall–Kier alpha value is -0.440. The number of rotatable bonds is 2. The Balaban J connectivity index is 2.17. The van der Waals surface area contributed by atoms with Gasteiger partial charge in [-0.3, -0.25) is 0 Å². The summed E-state index contributed by atoms with van der Waals surface area (Å²) in [7, 11) is 0. The molecule has 1 aliphatic rings. The summed E-state index contributed by atoms with van der Waals surface area (Å²) in [6.45, 7) is 3.12. The lowest BCUT2D eigenvalue weighted by atomic mass is 9.86. The zero-order chi connectivity index (χ0) is 9.47. The van der Waals surface area contributed by atoms with Gasteiger partial charge in [-0.25, -0.2) is 9.37 Å². The number of hydrogen-bond acceptors (Lipinski definition) is 2. The molecule has 1 aliphatic carbocycles. The fourth-order valence-corrected chi connectivity index (χ4v) is 2.55. The average Bonchev–Trinajstić information content (AvgIpc) is 2.29. The summed E-state index contributed by atoms with van der Waals surface area (Å²) in [6, 6.07) is 0. The molecule has 0 amide bonds. The third-order valence-electron chi connectivity index (χ3n) is 2.59. The summed E-state index contributed by atoms with van der Waals surface area (Å²) >= 11 is 1.61. The summed E-state index contributed by atoms with van der Waals surface area (Å²) in [5.41, 5.74) is -0.683. The van der Waals surface area contributed by atoms with Crippen LogP contribution in [0.15, 0.2) is 5.38 Å². The second-order valence-electron chi connectivity index (χ2n) is 4.17. The SMILES string of the molecule is CC(C)(F)c1csc(C2CCC2)n1. The van der Waals surface area contributed by atoms with Gasteiger partial charge in [0, 0.05) is 11.3 Å². The second kappa shape index (κ2) is 3.05. The quantitative estimate of drug-likeness (QED) is 0.709. The predicted octanol–water partition coefficient (Wildman–Crippen LogP) is 3.62. The molecule has 72 valence electrons. The molecule has 0 saturated heterocycles. The van der Waals surface area contributed by atoms with E-state index in [-0.39, 0.29) is 0 Å². The van der Waals surface area contributed by atoms with Gasteiger partial charge in [0.05, 0.1) is 10.7 Å². The van der Waals surface area contributed by atoms with Crippen molar-refractivity contribution in [1.82, 2.24) is 4.98 Å². The van der Waals surface area contributed by atoms with Crippen LogP contribution in [-0.4, -0.2) is 4.98 Å². The molecule has 1 aromatic rings. The monoisotopic (exact) mass is 199 g/mol. The summed E-state index contributed by atoms with van der Waals surface area (Å²) in [4.78, 5) is 4.35. The third-order valence-corrected chi connectivity index (χ3v) is 3.59. The Bertz CT molecular complexity index is 296. The number of alkyl halides is 1. The number of nitrogens with zero attached hydrogens (tertiary/aromatic N) is 1. The minimum absolute atomic E-state index is 0.597. The van der Waals surface area contributed by atoms with E-state index in [4.69, 9.17) is 0 Å². The predicted molar refractivity (Wildman–Crippen MR) is 52.8 cm³/mol. The smallest absolute Gasteiger partial charge is 0.148 e. The molecule has 0 atom stereocenters. The van der Waals surface area contributed by atoms with E-state index in [0.717, 1.165) is 5.01 Å². The summed E-state index contributed by atoms with van der Waals surface area (Å²) in [5.74, 6) is 0.626. The molecular formula is C10H14FNS. The van der Waals surface area contributed by atoms with E-state index < -0.39 is 5.67 Å². The maximum atomic E-state index is 13.5. The van der Waals surface area contributed by atoms with Gasteiger partial charge in [-0.05, 0) is 26.7 Å². The van der Waals surface area contributed by atoms with Crippen molar-refractivity contribution < 1.29 is 4.39 Å². The molecule has 1 nitrogen and oxygen atoms in total. The van der Waals surface area contributed by atoms with Crippen molar-refractivity contribution in [3.8, 4) is 0 Å². The van der Waals surface area contributed by atoms with E-state index in [1.165, 1.54) is 19.3 Å². The van der Waals surface area contributed by atoms with Gasteiger partial charge in [-0.1, -0.05) is 6.42 Å². The van der Waals surface area contributed by atoms with Crippen LogP contribution in [0.5, 0.6) is 0 Å². The topological polar surface area (TPSA) is 12.9 Å². The van der Waals surface area contributed by atoms with Crippen LogP contribution >= 0.6 is 11.3 Å². The van der Waals surface area contributed by atoms with E-state index >= 15 is 0 Å². The van der Waals surface area contributed by atoms with Crippen LogP contribution in [0.1, 0.15) is 49.7 Å². The minimum Gasteiger partial charge on any atom is -0.243 e. The first kappa shape index (κ1) is 9.13. The van der Waals surface area contributed by atoms with Crippen molar-refractivity contribution in [2.45, 2.75) is 44.7 Å². The minimum atomic E-state index is -1.28. The van der Waals surface area contributed by atoms with Crippen LogP contribution in [0.2, 0.25) is 0 Å². The van der Waals surface area contributed by atoms with Crippen molar-refractivity contribution in [1.29, 1.82) is 0 Å². The zero-order valence-corrected chi connectivity index (χ0v) is 8.83. The van der Waals surface area contributed by atoms with Crippen LogP contribution in [0.4, 0.5) is 4.39 Å². The highest BCUT2D eigenvalue weighted by Crippen LogP contribution is 2.39. The van der Waals surface area contributed by atoms with Gasteiger partial charge in [0.2, 0.25) is 0 Å². The summed E-state index contributed by atoms with van der Waals surface area (Å²) in [6.07, 6.45) is 3.78. The number of halogens is 1. The standard InChI is InChI=1S/C10H14FNS/c1-10(2,11)8-6-13-9(12-8)7-4-3-5-7/h6-7H,3-5H2,1-2H3. The summed E-state index contributed by atoms with van der Waals surface area (Å²) < 4.78 is 13.5. The van der Waals surface area contributed by atoms with Gasteiger partial charge in [-0.2, -0.15) is 0 Å². The zero-order valence-electron chi connectivity index (χ0n) is 8.01. The lowest BCUT2D eigenvalue weighted by Gasteiger charge is -2.22. The van der Waals surface area contributed by atoms with E-state index in [9.17, 15) is 4.39 Å². The molecule has 0 N–H and O–H groups in total. The molecule has 1 saturated carbocycles. The molecule has 0 aliphatic heterocycles. The molecule has 0 bridgehead atoms. The van der Waals surface area contributed by atoms with E-state index in [0.29, 0.717) is 11.6 Å². The van der Waals surface area contributed by atoms with E-state index in [1.54, 1.807) is 25.2 Å². The largest absolute Gasteiger partial charge is 0.243 e. The molecule has 0 aromatic carbocycles. The molecule has 0 unspecified atom stereocenters. The van der Waals surface area contributed by atoms with Gasteiger partial charge >= 0.3 is 0 Å². The highest BCUT2D eigenvalue weighted by Gasteiger charge is 2.27. The normalized spacial score (nSPS) is 18.7. The first-order valence-electron chi connectivity index (χ1n) is 4.72. The summed E-state index contributed by atoms with van der Waals surface area (Å²) in [5, 5.41) is 2.99. The Kier molecular flexibility index (Phi) is 2.14. The van der Waals surface area contributed by atoms with Crippen molar-refractivity contribution in [2.75, 3.05) is 0 Å². The highest BCUT2D eigenvalue weighted by molar-refractivity contribution is 7.09. The Labute approximate surface area is 82.0 Å². The number of aromatic nitrogens is 1. The molecule has 0 spiro atoms. The van der Waals surface area contributed by atoms with Crippen molar-refractivity contribution in [2.24, 2.45) is 0 Å². The molecule has 1 heterocycles. The first-order chi connectivity index (χ1) is 6.07. The Morgan fingerprint density at radius 3 is 2.62 bits per heavy atom. The molecule has 2 rings (SSSR count). The lowest BCUT2D eigenvalue weighted by Crippen LogP contribution is -2.12. The van der Waals surface area contributed by atoms with Crippen LogP contribution in [0, 0.1) is 0 Å². The van der Waals surface area contributed by atoms with Gasteiger partial charge in [0.25, 0.3) is 0 Å². The molecule has 1 fully saturated rings. The number of hydrogen-bond donors (Lipinski definition) is 0. The first-order valence-corrected chi connectivity index (χ1v) is 5.60. The van der Waals surface area contributed by atoms with Crippen molar-refractivity contribution in [3.63, 3.8) is 0 Å². The third kappa shape index (κ3) is 1.75. The highest BCUT2D eigenvalue weighted by atomic mass is 32.1. The van der Waals surface area contributed by atoms with E-state index in [1.807, 2.05) is 5.38 Å².